The summed E-state index contributed by atoms with van der Waals surface area (Å²) in [6, 6.07) is 3.51. The van der Waals surface area contributed by atoms with Crippen LogP contribution in [0.3, 0.4) is 0 Å². The third-order valence-corrected chi connectivity index (χ3v) is 3.81. The number of aryl methyl sites for hydroxylation is 2. The highest BCUT2D eigenvalue weighted by atomic mass is 19.1. The van der Waals surface area contributed by atoms with Crippen LogP contribution in [0.25, 0.3) is 0 Å². The van der Waals surface area contributed by atoms with Crippen molar-refractivity contribution >= 4 is 11.4 Å². The van der Waals surface area contributed by atoms with Gasteiger partial charge in [0.05, 0.1) is 28.4 Å². The van der Waals surface area contributed by atoms with E-state index < -0.39 is 10.7 Å². The van der Waals surface area contributed by atoms with Crippen molar-refractivity contribution in [3.63, 3.8) is 0 Å². The van der Waals surface area contributed by atoms with E-state index >= 15 is 0 Å². The quantitative estimate of drug-likeness (QED) is 0.676. The highest BCUT2D eigenvalue weighted by Crippen LogP contribution is 2.29. The molecule has 0 aliphatic carbocycles. The van der Waals surface area contributed by atoms with E-state index in [-0.39, 0.29) is 17.4 Å². The van der Waals surface area contributed by atoms with Gasteiger partial charge in [-0.3, -0.25) is 14.8 Å². The van der Waals surface area contributed by atoms with Crippen molar-refractivity contribution in [2.75, 3.05) is 5.32 Å². The predicted octanol–water partition coefficient (Wildman–Crippen LogP) is 3.65. The molecule has 2 rings (SSSR count). The lowest BCUT2D eigenvalue weighted by Gasteiger charge is -2.19. The summed E-state index contributed by atoms with van der Waals surface area (Å²) in [5.74, 6) is -0.633. The number of halogens is 1. The van der Waals surface area contributed by atoms with Crippen molar-refractivity contribution in [1.29, 1.82) is 0 Å². The molecule has 0 fully saturated rings. The van der Waals surface area contributed by atoms with Crippen LogP contribution in [0.2, 0.25) is 0 Å². The summed E-state index contributed by atoms with van der Waals surface area (Å²) >= 11 is 0. The maximum atomic E-state index is 14.0. The normalized spacial score (nSPS) is 12.2. The summed E-state index contributed by atoms with van der Waals surface area (Å²) < 4.78 is 15.8. The third-order valence-electron chi connectivity index (χ3n) is 3.81. The molecule has 7 heteroatoms. The molecule has 0 saturated carbocycles. The zero-order chi connectivity index (χ0) is 16.4. The Morgan fingerprint density at radius 1 is 1.45 bits per heavy atom. The number of aromatic nitrogens is 2. The van der Waals surface area contributed by atoms with Gasteiger partial charge in [-0.1, -0.05) is 6.92 Å². The van der Waals surface area contributed by atoms with Crippen LogP contribution in [-0.4, -0.2) is 14.7 Å². The van der Waals surface area contributed by atoms with Gasteiger partial charge in [0.15, 0.2) is 5.82 Å². The van der Waals surface area contributed by atoms with Crippen molar-refractivity contribution in [2.24, 2.45) is 7.05 Å². The van der Waals surface area contributed by atoms with Gasteiger partial charge in [-0.25, -0.2) is 4.39 Å². The van der Waals surface area contributed by atoms with Gasteiger partial charge in [0, 0.05) is 24.4 Å². The predicted molar refractivity (Wildman–Crippen MR) is 82.4 cm³/mol. The van der Waals surface area contributed by atoms with Crippen LogP contribution in [0.15, 0.2) is 18.2 Å². The Bertz CT molecular complexity index is 712. The molecule has 0 bridgehead atoms. The van der Waals surface area contributed by atoms with Gasteiger partial charge in [0.25, 0.3) is 5.69 Å². The maximum absolute atomic E-state index is 14.0. The topological polar surface area (TPSA) is 73.0 Å². The van der Waals surface area contributed by atoms with Gasteiger partial charge in [0.2, 0.25) is 0 Å². The van der Waals surface area contributed by atoms with Crippen LogP contribution < -0.4 is 5.32 Å². The fourth-order valence-corrected chi connectivity index (χ4v) is 2.59. The molecule has 0 amide bonds. The van der Waals surface area contributed by atoms with Gasteiger partial charge in [-0.2, -0.15) is 5.10 Å². The fraction of sp³-hybridized carbons (Fsp3) is 0.400. The molecule has 0 radical (unpaired) electrons. The summed E-state index contributed by atoms with van der Waals surface area (Å²) in [7, 11) is 1.87. The van der Waals surface area contributed by atoms with Crippen LogP contribution in [0.1, 0.15) is 36.3 Å². The Morgan fingerprint density at radius 2 is 2.14 bits per heavy atom. The first kappa shape index (κ1) is 15.9. The molecule has 0 aliphatic rings. The standard InChI is InChI=1S/C15H19FN4O2/c1-5-13(15-9(2)18-19(4)10(15)3)17-14-7-6-11(20(21)22)8-12(14)16/h6-8,13,17H,5H2,1-4H3. The molecular formula is C15H19FN4O2. The SMILES string of the molecule is CCC(Nc1ccc([N+](=O)[O-])cc1F)c1c(C)nn(C)c1C. The lowest BCUT2D eigenvalue weighted by atomic mass is 10.0. The van der Waals surface area contributed by atoms with Crippen molar-refractivity contribution < 1.29 is 9.31 Å². The number of nitro benzene ring substituents is 1. The zero-order valence-electron chi connectivity index (χ0n) is 13.1. The van der Waals surface area contributed by atoms with E-state index in [0.717, 1.165) is 29.4 Å². The number of hydrogen-bond acceptors (Lipinski definition) is 4. The molecule has 6 nitrogen and oxygen atoms in total. The van der Waals surface area contributed by atoms with E-state index in [4.69, 9.17) is 0 Å². The Morgan fingerprint density at radius 3 is 2.59 bits per heavy atom. The smallest absolute Gasteiger partial charge is 0.272 e. The summed E-state index contributed by atoms with van der Waals surface area (Å²) in [6.45, 7) is 5.87. The van der Waals surface area contributed by atoms with Crippen molar-refractivity contribution in [3.05, 3.63) is 51.1 Å². The summed E-state index contributed by atoms with van der Waals surface area (Å²) in [5.41, 5.74) is 2.92. The number of benzene rings is 1. The summed E-state index contributed by atoms with van der Waals surface area (Å²) in [6.07, 6.45) is 0.740. The van der Waals surface area contributed by atoms with Gasteiger partial charge >= 0.3 is 0 Å². The Labute approximate surface area is 128 Å². The van der Waals surface area contributed by atoms with Gasteiger partial charge in [0.1, 0.15) is 0 Å². The lowest BCUT2D eigenvalue weighted by Crippen LogP contribution is -2.13. The highest BCUT2D eigenvalue weighted by Gasteiger charge is 2.20. The van der Waals surface area contributed by atoms with E-state index in [2.05, 4.69) is 10.4 Å². The third kappa shape index (κ3) is 2.93. The van der Waals surface area contributed by atoms with E-state index in [1.165, 1.54) is 12.1 Å². The van der Waals surface area contributed by atoms with Crippen LogP contribution in [0.5, 0.6) is 0 Å². The van der Waals surface area contributed by atoms with Crippen LogP contribution in [-0.2, 0) is 7.05 Å². The highest BCUT2D eigenvalue weighted by molar-refractivity contribution is 5.52. The van der Waals surface area contributed by atoms with E-state index in [0.29, 0.717) is 0 Å². The minimum Gasteiger partial charge on any atom is -0.376 e. The summed E-state index contributed by atoms with van der Waals surface area (Å²) in [4.78, 5) is 10.1. The number of non-ortho nitro benzene ring substituents is 1. The monoisotopic (exact) mass is 306 g/mol. The first-order valence-corrected chi connectivity index (χ1v) is 7.05. The Hall–Kier alpha value is -2.44. The van der Waals surface area contributed by atoms with Gasteiger partial charge < -0.3 is 5.32 Å². The number of nitrogens with one attached hydrogen (secondary N) is 1. The molecule has 1 aromatic heterocycles. The van der Waals surface area contributed by atoms with Crippen LogP contribution in [0.4, 0.5) is 15.8 Å². The molecule has 118 valence electrons. The molecule has 0 spiro atoms. The number of nitrogens with zero attached hydrogens (tertiary/aromatic N) is 3. The second kappa shape index (κ2) is 6.13. The lowest BCUT2D eigenvalue weighted by molar-refractivity contribution is -0.385. The number of rotatable bonds is 5. The molecule has 0 saturated heterocycles. The van der Waals surface area contributed by atoms with Crippen molar-refractivity contribution in [2.45, 2.75) is 33.2 Å². The Balaban J connectivity index is 2.33. The minimum atomic E-state index is -0.633. The first-order valence-electron chi connectivity index (χ1n) is 7.05. The van der Waals surface area contributed by atoms with Gasteiger partial charge in [-0.15, -0.1) is 0 Å². The fourth-order valence-electron chi connectivity index (χ4n) is 2.59. The molecule has 0 aliphatic heterocycles. The second-order valence-electron chi connectivity index (χ2n) is 5.23. The van der Waals surface area contributed by atoms with E-state index in [1.807, 2.05) is 27.8 Å². The molecule has 2 aromatic rings. The number of nitro groups is 1. The van der Waals surface area contributed by atoms with Gasteiger partial charge in [-0.05, 0) is 26.3 Å². The van der Waals surface area contributed by atoms with Crippen LogP contribution in [0, 0.1) is 29.8 Å². The second-order valence-corrected chi connectivity index (χ2v) is 5.23. The molecular weight excluding hydrogens is 287 g/mol. The average Bonchev–Trinajstić information content (AvgIpc) is 2.71. The molecule has 1 N–H and O–H groups in total. The van der Waals surface area contributed by atoms with E-state index in [1.54, 1.807) is 4.68 Å². The first-order chi connectivity index (χ1) is 10.3. The van der Waals surface area contributed by atoms with Crippen molar-refractivity contribution in [3.8, 4) is 0 Å². The minimum absolute atomic E-state index is 0.107. The number of hydrogen-bond donors (Lipinski definition) is 1. The largest absolute Gasteiger partial charge is 0.376 e. The number of anilines is 1. The molecule has 22 heavy (non-hydrogen) atoms. The molecule has 1 atom stereocenters. The zero-order valence-corrected chi connectivity index (χ0v) is 13.1. The summed E-state index contributed by atoms with van der Waals surface area (Å²) in [5, 5.41) is 18.2. The average molecular weight is 306 g/mol. The maximum Gasteiger partial charge on any atom is 0.272 e. The molecule has 1 unspecified atom stereocenters. The van der Waals surface area contributed by atoms with E-state index in [9.17, 15) is 14.5 Å². The van der Waals surface area contributed by atoms with Crippen molar-refractivity contribution in [1.82, 2.24) is 9.78 Å². The Kier molecular flexibility index (Phi) is 4.44. The van der Waals surface area contributed by atoms with Crippen LogP contribution >= 0.6 is 0 Å². The molecule has 1 heterocycles. The molecule has 1 aromatic carbocycles.